The van der Waals surface area contributed by atoms with Gasteiger partial charge in [0, 0.05) is 30.3 Å². The molecule has 2 heterocycles. The number of rotatable bonds is 3. The topological polar surface area (TPSA) is 67.4 Å². The van der Waals surface area contributed by atoms with E-state index in [1.165, 1.54) is 0 Å². The van der Waals surface area contributed by atoms with Crippen molar-refractivity contribution in [2.45, 2.75) is 25.9 Å². The summed E-state index contributed by atoms with van der Waals surface area (Å²) < 4.78 is 5.48. The number of hydrogen-bond donors (Lipinski definition) is 2. The van der Waals surface area contributed by atoms with Crippen LogP contribution in [0.2, 0.25) is 0 Å². The smallest absolute Gasteiger partial charge is 0.251 e. The van der Waals surface area contributed by atoms with Gasteiger partial charge in [-0.2, -0.15) is 0 Å². The van der Waals surface area contributed by atoms with Crippen LogP contribution in [-0.2, 0) is 16.0 Å². The average molecular weight is 274 g/mol. The maximum absolute atomic E-state index is 12.1. The van der Waals surface area contributed by atoms with Crippen molar-refractivity contribution in [3.8, 4) is 0 Å². The lowest BCUT2D eigenvalue weighted by Crippen LogP contribution is -2.31. The van der Waals surface area contributed by atoms with Crippen LogP contribution in [0, 0.1) is 5.92 Å². The van der Waals surface area contributed by atoms with Crippen LogP contribution in [-0.4, -0.2) is 31.1 Å². The first-order valence-electron chi connectivity index (χ1n) is 6.96. The Bertz CT molecular complexity index is 556. The second-order valence-electron chi connectivity index (χ2n) is 5.43. The summed E-state index contributed by atoms with van der Waals surface area (Å²) in [5, 5.41) is 5.71. The molecule has 0 aliphatic carbocycles. The predicted octanol–water partition coefficient (Wildman–Crippen LogP) is 1.34. The molecule has 1 saturated heterocycles. The molecule has 0 bridgehead atoms. The molecule has 106 valence electrons. The van der Waals surface area contributed by atoms with Gasteiger partial charge < -0.3 is 15.4 Å². The largest absolute Gasteiger partial charge is 0.378 e. The summed E-state index contributed by atoms with van der Waals surface area (Å²) in [5.41, 5.74) is 2.30. The highest BCUT2D eigenvalue weighted by Crippen LogP contribution is 2.24. The molecule has 20 heavy (non-hydrogen) atoms. The normalized spacial score (nSPS) is 24.4. The first-order chi connectivity index (χ1) is 9.63. The molecule has 0 radical (unpaired) electrons. The summed E-state index contributed by atoms with van der Waals surface area (Å²) in [4.78, 5) is 23.4. The van der Waals surface area contributed by atoms with E-state index in [-0.39, 0.29) is 17.9 Å². The van der Waals surface area contributed by atoms with Crippen molar-refractivity contribution in [3.05, 3.63) is 29.3 Å². The van der Waals surface area contributed by atoms with E-state index in [0.717, 1.165) is 24.3 Å². The van der Waals surface area contributed by atoms with E-state index in [1.54, 1.807) is 18.2 Å². The molecule has 2 N–H and O–H groups in total. The second-order valence-corrected chi connectivity index (χ2v) is 5.43. The van der Waals surface area contributed by atoms with Gasteiger partial charge in [0.05, 0.1) is 12.5 Å². The molecule has 1 aromatic rings. The Kier molecular flexibility index (Phi) is 3.44. The number of amides is 2. The molecule has 5 heteroatoms. The molecule has 0 saturated carbocycles. The molecule has 2 aliphatic heterocycles. The van der Waals surface area contributed by atoms with Crippen molar-refractivity contribution in [1.29, 1.82) is 0 Å². The zero-order chi connectivity index (χ0) is 14.1. The van der Waals surface area contributed by atoms with Gasteiger partial charge in [0.15, 0.2) is 0 Å². The van der Waals surface area contributed by atoms with Crippen LogP contribution in [0.25, 0.3) is 0 Å². The molecule has 1 fully saturated rings. The summed E-state index contributed by atoms with van der Waals surface area (Å²) in [6.07, 6.45) is 1.55. The van der Waals surface area contributed by atoms with Crippen molar-refractivity contribution in [2.24, 2.45) is 5.92 Å². The Morgan fingerprint density at radius 1 is 1.50 bits per heavy atom. The van der Waals surface area contributed by atoms with E-state index in [9.17, 15) is 9.59 Å². The number of benzene rings is 1. The van der Waals surface area contributed by atoms with E-state index < -0.39 is 0 Å². The lowest BCUT2D eigenvalue weighted by molar-refractivity contribution is -0.115. The van der Waals surface area contributed by atoms with Crippen molar-refractivity contribution in [3.63, 3.8) is 0 Å². The van der Waals surface area contributed by atoms with Crippen LogP contribution in [0.15, 0.2) is 18.2 Å². The Morgan fingerprint density at radius 3 is 3.10 bits per heavy atom. The minimum Gasteiger partial charge on any atom is -0.378 e. The molecular formula is C15H18N2O3. The fraction of sp³-hybridized carbons (Fsp3) is 0.467. The third kappa shape index (κ3) is 2.54. The predicted molar refractivity (Wildman–Crippen MR) is 74.6 cm³/mol. The number of carbonyl (C=O) groups excluding carboxylic acids is 2. The summed E-state index contributed by atoms with van der Waals surface area (Å²) in [5.74, 6) is 0.275. The number of carbonyl (C=O) groups is 2. The van der Waals surface area contributed by atoms with Crippen molar-refractivity contribution in [1.82, 2.24) is 5.32 Å². The van der Waals surface area contributed by atoms with Crippen molar-refractivity contribution < 1.29 is 14.3 Å². The number of hydrogen-bond acceptors (Lipinski definition) is 3. The molecule has 1 aromatic carbocycles. The molecule has 5 nitrogen and oxygen atoms in total. The molecule has 3 rings (SSSR count). The van der Waals surface area contributed by atoms with Gasteiger partial charge in [-0.1, -0.05) is 0 Å². The Balaban J connectivity index is 1.63. The van der Waals surface area contributed by atoms with Crippen LogP contribution in [0.5, 0.6) is 0 Å². The molecule has 2 amide bonds. The monoisotopic (exact) mass is 274 g/mol. The SMILES string of the molecule is CC1OCCC1CNC(=O)c1ccc2c(c1)CC(=O)N2. The van der Waals surface area contributed by atoms with Gasteiger partial charge >= 0.3 is 0 Å². The second kappa shape index (κ2) is 5.25. The Hall–Kier alpha value is -1.88. The van der Waals surface area contributed by atoms with Crippen LogP contribution in [0.3, 0.4) is 0 Å². The summed E-state index contributed by atoms with van der Waals surface area (Å²) in [6, 6.07) is 5.32. The number of anilines is 1. The molecule has 0 aromatic heterocycles. The molecule has 2 atom stereocenters. The van der Waals surface area contributed by atoms with Gasteiger partial charge in [-0.3, -0.25) is 9.59 Å². The Labute approximate surface area is 117 Å². The van der Waals surface area contributed by atoms with Crippen molar-refractivity contribution in [2.75, 3.05) is 18.5 Å². The van der Waals surface area contributed by atoms with Crippen LogP contribution in [0.4, 0.5) is 5.69 Å². The lowest BCUT2D eigenvalue weighted by Gasteiger charge is -2.14. The van der Waals surface area contributed by atoms with E-state index in [4.69, 9.17) is 4.74 Å². The summed E-state index contributed by atoms with van der Waals surface area (Å²) in [7, 11) is 0. The third-order valence-electron chi connectivity index (χ3n) is 4.05. The Morgan fingerprint density at radius 2 is 2.35 bits per heavy atom. The highest BCUT2D eigenvalue weighted by Gasteiger charge is 2.25. The molecule has 2 unspecified atom stereocenters. The molecule has 0 spiro atoms. The summed E-state index contributed by atoms with van der Waals surface area (Å²) in [6.45, 7) is 3.44. The van der Waals surface area contributed by atoms with Crippen LogP contribution >= 0.6 is 0 Å². The van der Waals surface area contributed by atoms with Crippen molar-refractivity contribution >= 4 is 17.5 Å². The summed E-state index contributed by atoms with van der Waals surface area (Å²) >= 11 is 0. The molecular weight excluding hydrogens is 256 g/mol. The van der Waals surface area contributed by atoms with Gasteiger partial charge in [-0.25, -0.2) is 0 Å². The fourth-order valence-electron chi connectivity index (χ4n) is 2.74. The molecule has 2 aliphatic rings. The van der Waals surface area contributed by atoms with Crippen LogP contribution in [0.1, 0.15) is 29.3 Å². The van der Waals surface area contributed by atoms with E-state index >= 15 is 0 Å². The van der Waals surface area contributed by atoms with Gasteiger partial charge in [0.25, 0.3) is 5.91 Å². The number of nitrogens with one attached hydrogen (secondary N) is 2. The minimum absolute atomic E-state index is 0.0190. The van der Waals surface area contributed by atoms with E-state index in [0.29, 0.717) is 24.4 Å². The first-order valence-corrected chi connectivity index (χ1v) is 6.96. The maximum Gasteiger partial charge on any atom is 0.251 e. The number of fused-ring (bicyclic) bond motifs is 1. The van der Waals surface area contributed by atoms with Crippen LogP contribution < -0.4 is 10.6 Å². The quantitative estimate of drug-likeness (QED) is 0.874. The average Bonchev–Trinajstić information content (AvgIpc) is 2.99. The minimum atomic E-state index is -0.0914. The standard InChI is InChI=1S/C15H18N2O3/c1-9-11(4-5-20-9)8-16-15(19)10-2-3-13-12(6-10)7-14(18)17-13/h2-3,6,9,11H,4-5,7-8H2,1H3,(H,16,19)(H,17,18). The first kappa shape index (κ1) is 13.1. The van der Waals surface area contributed by atoms with Gasteiger partial charge in [-0.05, 0) is 37.1 Å². The van der Waals surface area contributed by atoms with Gasteiger partial charge in [0.1, 0.15) is 0 Å². The van der Waals surface area contributed by atoms with Gasteiger partial charge in [0.2, 0.25) is 5.91 Å². The zero-order valence-electron chi connectivity index (χ0n) is 11.4. The fourth-order valence-corrected chi connectivity index (χ4v) is 2.74. The highest BCUT2D eigenvalue weighted by atomic mass is 16.5. The number of ether oxygens (including phenoxy) is 1. The highest BCUT2D eigenvalue weighted by molar-refractivity contribution is 6.01. The van der Waals surface area contributed by atoms with Gasteiger partial charge in [-0.15, -0.1) is 0 Å². The van der Waals surface area contributed by atoms with E-state index in [1.807, 2.05) is 6.92 Å². The zero-order valence-corrected chi connectivity index (χ0v) is 11.4. The maximum atomic E-state index is 12.1. The van der Waals surface area contributed by atoms with E-state index in [2.05, 4.69) is 10.6 Å². The third-order valence-corrected chi connectivity index (χ3v) is 4.05. The lowest BCUT2D eigenvalue weighted by atomic mass is 10.0.